The highest BCUT2D eigenvalue weighted by Crippen LogP contribution is 2.32. The minimum atomic E-state index is -1.01. The van der Waals surface area contributed by atoms with Gasteiger partial charge in [-0.3, -0.25) is 9.59 Å². The van der Waals surface area contributed by atoms with Crippen LogP contribution in [0.15, 0.2) is 89.8 Å². The Kier molecular flexibility index (Phi) is 6.39. The van der Waals surface area contributed by atoms with Crippen LogP contribution in [0.3, 0.4) is 0 Å². The van der Waals surface area contributed by atoms with Gasteiger partial charge in [-0.2, -0.15) is 0 Å². The molecule has 4 aromatic rings. The van der Waals surface area contributed by atoms with E-state index in [1.807, 2.05) is 72.2 Å². The van der Waals surface area contributed by atoms with Gasteiger partial charge in [-0.15, -0.1) is 11.8 Å². The molecule has 1 aliphatic heterocycles. The lowest BCUT2D eigenvalue weighted by Crippen LogP contribution is -2.64. The molecule has 6 heteroatoms. The molecule has 5 nitrogen and oxygen atoms in total. The van der Waals surface area contributed by atoms with Gasteiger partial charge in [0, 0.05) is 28.9 Å². The fourth-order valence-corrected chi connectivity index (χ4v) is 5.27. The summed E-state index contributed by atoms with van der Waals surface area (Å²) in [6.07, 6.45) is 2.74. The molecule has 0 spiro atoms. The minimum Gasteiger partial charge on any atom is -0.350 e. The lowest BCUT2D eigenvalue weighted by molar-refractivity contribution is -0.133. The Labute approximate surface area is 210 Å². The molecular weight excluding hydrogens is 454 g/mol. The van der Waals surface area contributed by atoms with Crippen molar-refractivity contribution in [3.63, 3.8) is 0 Å². The normalized spacial score (nSPS) is 17.4. The number of aromatic nitrogens is 1. The SMILES string of the molecule is CSc1ccc(CCN2C(=O)c3cc4ccccc4n3CC2(C)C(=O)NCc2ccccc2)cc1. The van der Waals surface area contributed by atoms with Crippen LogP contribution < -0.4 is 5.32 Å². The number of nitrogens with one attached hydrogen (secondary N) is 1. The number of carbonyl (C=O) groups excluding carboxylic acids is 2. The molecule has 0 fully saturated rings. The van der Waals surface area contributed by atoms with Crippen LogP contribution in [-0.4, -0.2) is 39.6 Å². The van der Waals surface area contributed by atoms with Crippen LogP contribution in [0, 0.1) is 0 Å². The first-order chi connectivity index (χ1) is 17.0. The van der Waals surface area contributed by atoms with Gasteiger partial charge in [0.15, 0.2) is 0 Å². The van der Waals surface area contributed by atoms with Crippen molar-refractivity contribution < 1.29 is 9.59 Å². The fourth-order valence-electron chi connectivity index (χ4n) is 4.86. The summed E-state index contributed by atoms with van der Waals surface area (Å²) in [6.45, 7) is 3.19. The first-order valence-electron chi connectivity index (χ1n) is 11.8. The third-order valence-corrected chi connectivity index (χ3v) is 7.65. The molecule has 5 rings (SSSR count). The van der Waals surface area contributed by atoms with Gasteiger partial charge in [-0.05, 0) is 55.0 Å². The molecule has 2 amide bonds. The van der Waals surface area contributed by atoms with Crippen LogP contribution in [-0.2, 0) is 24.3 Å². The zero-order valence-corrected chi connectivity index (χ0v) is 20.8. The van der Waals surface area contributed by atoms with E-state index in [4.69, 9.17) is 0 Å². The van der Waals surface area contributed by atoms with E-state index in [-0.39, 0.29) is 11.8 Å². The predicted octanol–water partition coefficient (Wildman–Crippen LogP) is 5.14. The van der Waals surface area contributed by atoms with Crippen LogP contribution in [0.25, 0.3) is 10.9 Å². The zero-order chi connectivity index (χ0) is 24.4. The van der Waals surface area contributed by atoms with Crippen molar-refractivity contribution in [2.45, 2.75) is 36.9 Å². The summed E-state index contributed by atoms with van der Waals surface area (Å²) in [4.78, 5) is 30.5. The molecule has 0 saturated heterocycles. The van der Waals surface area contributed by atoms with E-state index >= 15 is 0 Å². The van der Waals surface area contributed by atoms with Gasteiger partial charge in [0.05, 0.1) is 6.54 Å². The Morgan fingerprint density at radius 2 is 1.69 bits per heavy atom. The van der Waals surface area contributed by atoms with Gasteiger partial charge in [-0.1, -0.05) is 60.7 Å². The quantitative estimate of drug-likeness (QED) is 0.371. The largest absolute Gasteiger partial charge is 0.350 e. The van der Waals surface area contributed by atoms with Crippen molar-refractivity contribution >= 4 is 34.5 Å². The third-order valence-electron chi connectivity index (χ3n) is 6.90. The van der Waals surface area contributed by atoms with E-state index in [9.17, 15) is 9.59 Å². The van der Waals surface area contributed by atoms with Crippen LogP contribution in [0.5, 0.6) is 0 Å². The van der Waals surface area contributed by atoms with E-state index in [2.05, 4.69) is 35.8 Å². The second kappa shape index (κ2) is 9.62. The predicted molar refractivity (Wildman–Crippen MR) is 142 cm³/mol. The van der Waals surface area contributed by atoms with Crippen LogP contribution in [0.2, 0.25) is 0 Å². The molecule has 3 aromatic carbocycles. The van der Waals surface area contributed by atoms with Crippen molar-refractivity contribution in [3.05, 3.63) is 102 Å². The van der Waals surface area contributed by atoms with Gasteiger partial charge in [0.25, 0.3) is 5.91 Å². The number of amides is 2. The van der Waals surface area contributed by atoms with E-state index in [0.29, 0.717) is 31.7 Å². The Bertz CT molecular complexity index is 1360. The molecule has 178 valence electrons. The van der Waals surface area contributed by atoms with Crippen molar-refractivity contribution in [1.82, 2.24) is 14.8 Å². The maximum absolute atomic E-state index is 13.8. The number of hydrogen-bond acceptors (Lipinski definition) is 3. The number of benzene rings is 3. The summed E-state index contributed by atoms with van der Waals surface area (Å²) in [5, 5.41) is 4.11. The third kappa shape index (κ3) is 4.46. The average molecular weight is 484 g/mol. The van der Waals surface area contributed by atoms with Crippen molar-refractivity contribution in [1.29, 1.82) is 0 Å². The maximum atomic E-state index is 13.8. The highest BCUT2D eigenvalue weighted by molar-refractivity contribution is 7.98. The molecule has 0 bridgehead atoms. The van der Waals surface area contributed by atoms with Gasteiger partial charge in [0.2, 0.25) is 5.91 Å². The number of hydrogen-bond donors (Lipinski definition) is 1. The topological polar surface area (TPSA) is 54.3 Å². The van der Waals surface area contributed by atoms with Gasteiger partial charge >= 0.3 is 0 Å². The number of rotatable bonds is 7. The standard InChI is InChI=1S/C29H29N3O2S/c1-29(28(34)30-19-22-8-4-3-5-9-22)20-31-25-11-7-6-10-23(25)18-26(31)27(33)32(29)17-16-21-12-14-24(35-2)15-13-21/h3-15,18H,16-17,19-20H2,1-2H3,(H,30,34). The molecular formula is C29H29N3O2S. The summed E-state index contributed by atoms with van der Waals surface area (Å²) < 4.78 is 2.00. The van der Waals surface area contributed by atoms with E-state index < -0.39 is 5.54 Å². The number of nitrogens with zero attached hydrogens (tertiary/aromatic N) is 2. The smallest absolute Gasteiger partial charge is 0.271 e. The molecule has 1 N–H and O–H groups in total. The zero-order valence-electron chi connectivity index (χ0n) is 20.0. The molecule has 1 aromatic heterocycles. The molecule has 0 saturated carbocycles. The molecule has 1 unspecified atom stereocenters. The van der Waals surface area contributed by atoms with E-state index in [1.165, 1.54) is 4.90 Å². The Balaban J connectivity index is 1.46. The first kappa shape index (κ1) is 23.2. The average Bonchev–Trinajstić information content (AvgIpc) is 3.26. The summed E-state index contributed by atoms with van der Waals surface area (Å²) in [5.74, 6) is -0.249. The van der Waals surface area contributed by atoms with Crippen LogP contribution in [0.1, 0.15) is 28.5 Å². The number of para-hydroxylation sites is 1. The summed E-state index contributed by atoms with van der Waals surface area (Å²) in [7, 11) is 0. The summed E-state index contributed by atoms with van der Waals surface area (Å²) in [6, 6.07) is 28.2. The van der Waals surface area contributed by atoms with Gasteiger partial charge < -0.3 is 14.8 Å². The monoisotopic (exact) mass is 483 g/mol. The molecule has 2 heterocycles. The molecule has 0 radical (unpaired) electrons. The van der Waals surface area contributed by atoms with E-state index in [0.717, 1.165) is 22.0 Å². The Morgan fingerprint density at radius 3 is 2.43 bits per heavy atom. The van der Waals surface area contributed by atoms with Gasteiger partial charge in [-0.25, -0.2) is 0 Å². The van der Waals surface area contributed by atoms with Crippen LogP contribution >= 0.6 is 11.8 Å². The number of carbonyl (C=O) groups is 2. The molecule has 35 heavy (non-hydrogen) atoms. The van der Waals surface area contributed by atoms with E-state index in [1.54, 1.807) is 16.7 Å². The molecule has 0 aliphatic carbocycles. The van der Waals surface area contributed by atoms with Crippen LogP contribution in [0.4, 0.5) is 0 Å². The van der Waals surface area contributed by atoms with Crippen molar-refractivity contribution in [2.75, 3.05) is 12.8 Å². The number of fused-ring (bicyclic) bond motifs is 3. The second-order valence-corrected chi connectivity index (χ2v) is 10.1. The second-order valence-electron chi connectivity index (χ2n) is 9.17. The summed E-state index contributed by atoms with van der Waals surface area (Å²) >= 11 is 1.71. The summed E-state index contributed by atoms with van der Waals surface area (Å²) in [5.41, 5.74) is 2.77. The highest BCUT2D eigenvalue weighted by atomic mass is 32.2. The van der Waals surface area contributed by atoms with Gasteiger partial charge in [0.1, 0.15) is 11.2 Å². The Hall–Kier alpha value is -3.51. The number of thioether (sulfide) groups is 1. The first-order valence-corrected chi connectivity index (χ1v) is 13.1. The minimum absolute atomic E-state index is 0.106. The molecule has 1 atom stereocenters. The lowest BCUT2D eigenvalue weighted by Gasteiger charge is -2.44. The molecule has 1 aliphatic rings. The fraction of sp³-hybridized carbons (Fsp3) is 0.241. The Morgan fingerprint density at radius 1 is 0.971 bits per heavy atom. The lowest BCUT2D eigenvalue weighted by atomic mass is 9.93. The van der Waals surface area contributed by atoms with Crippen molar-refractivity contribution in [2.24, 2.45) is 0 Å². The van der Waals surface area contributed by atoms with Crippen molar-refractivity contribution in [3.8, 4) is 0 Å². The maximum Gasteiger partial charge on any atom is 0.271 e. The highest BCUT2D eigenvalue weighted by Gasteiger charge is 2.47.